The SMILES string of the molecule is CN(C)CCn1ccc(NC(=O)N2CCCC(n3ccc(C(F)(F)F)n3)C2)n1. The summed E-state index contributed by atoms with van der Waals surface area (Å²) in [5, 5.41) is 10.7. The Morgan fingerprint density at radius 1 is 1.29 bits per heavy atom. The van der Waals surface area contributed by atoms with Crippen LogP contribution in [0.2, 0.25) is 0 Å². The van der Waals surface area contributed by atoms with Crippen LogP contribution in [-0.4, -0.2) is 69.1 Å². The Kier molecular flexibility index (Phi) is 5.92. The highest BCUT2D eigenvalue weighted by Crippen LogP contribution is 2.29. The summed E-state index contributed by atoms with van der Waals surface area (Å²) >= 11 is 0. The van der Waals surface area contributed by atoms with Crippen LogP contribution < -0.4 is 5.32 Å². The van der Waals surface area contributed by atoms with Gasteiger partial charge in [-0.2, -0.15) is 23.4 Å². The van der Waals surface area contributed by atoms with E-state index in [2.05, 4.69) is 15.5 Å². The number of halogens is 3. The normalized spacial score (nSPS) is 17.9. The molecule has 11 heteroatoms. The van der Waals surface area contributed by atoms with Crippen LogP contribution in [0.3, 0.4) is 0 Å². The van der Waals surface area contributed by atoms with Gasteiger partial charge in [0.15, 0.2) is 11.5 Å². The molecule has 3 heterocycles. The second kappa shape index (κ2) is 8.21. The van der Waals surface area contributed by atoms with Crippen LogP contribution in [0.5, 0.6) is 0 Å². The van der Waals surface area contributed by atoms with Crippen LogP contribution in [0.15, 0.2) is 24.5 Å². The van der Waals surface area contributed by atoms with Gasteiger partial charge in [-0.1, -0.05) is 0 Å². The maximum Gasteiger partial charge on any atom is 0.435 e. The van der Waals surface area contributed by atoms with Crippen molar-refractivity contribution in [3.63, 3.8) is 0 Å². The van der Waals surface area contributed by atoms with E-state index < -0.39 is 11.9 Å². The standard InChI is InChI=1S/C17H24F3N7O/c1-24(2)10-11-26-8-6-15(23-26)21-16(28)25-7-3-4-13(12-25)27-9-5-14(22-27)17(18,19)20/h5-6,8-9,13H,3-4,7,10-12H2,1-2H3,(H,21,23,28). The first-order valence-corrected chi connectivity index (χ1v) is 9.09. The molecule has 8 nitrogen and oxygen atoms in total. The fraction of sp³-hybridized carbons (Fsp3) is 0.588. The van der Waals surface area contributed by atoms with Crippen molar-refractivity contribution >= 4 is 11.8 Å². The molecular formula is C17H24F3N7O. The van der Waals surface area contributed by atoms with Gasteiger partial charge >= 0.3 is 12.2 Å². The number of hydrogen-bond acceptors (Lipinski definition) is 4. The predicted molar refractivity (Wildman–Crippen MR) is 96.9 cm³/mol. The average molecular weight is 399 g/mol. The number of alkyl halides is 3. The molecule has 2 aromatic rings. The first-order chi connectivity index (χ1) is 13.2. The molecule has 2 aromatic heterocycles. The van der Waals surface area contributed by atoms with Gasteiger partial charge in [0.25, 0.3) is 0 Å². The lowest BCUT2D eigenvalue weighted by molar-refractivity contribution is -0.141. The average Bonchev–Trinajstić information content (AvgIpc) is 3.29. The van der Waals surface area contributed by atoms with Crippen molar-refractivity contribution in [3.05, 3.63) is 30.2 Å². The highest BCUT2D eigenvalue weighted by molar-refractivity contribution is 5.88. The van der Waals surface area contributed by atoms with Gasteiger partial charge < -0.3 is 9.80 Å². The fourth-order valence-corrected chi connectivity index (χ4v) is 3.09. The number of piperidine rings is 1. The molecule has 1 saturated heterocycles. The molecule has 2 amide bonds. The van der Waals surface area contributed by atoms with Crippen LogP contribution in [0.1, 0.15) is 24.6 Å². The minimum Gasteiger partial charge on any atom is -0.322 e. The smallest absolute Gasteiger partial charge is 0.322 e. The number of amides is 2. The number of anilines is 1. The summed E-state index contributed by atoms with van der Waals surface area (Å²) < 4.78 is 41.3. The van der Waals surface area contributed by atoms with E-state index in [1.807, 2.05) is 19.0 Å². The molecule has 0 spiro atoms. The van der Waals surface area contributed by atoms with Gasteiger partial charge in [0, 0.05) is 38.1 Å². The first kappa shape index (κ1) is 20.2. The van der Waals surface area contributed by atoms with Crippen LogP contribution in [0.4, 0.5) is 23.8 Å². The maximum absolute atomic E-state index is 12.8. The molecule has 0 saturated carbocycles. The van der Waals surface area contributed by atoms with E-state index in [1.165, 1.54) is 10.9 Å². The summed E-state index contributed by atoms with van der Waals surface area (Å²) in [6.45, 7) is 2.37. The van der Waals surface area contributed by atoms with Gasteiger partial charge in [-0.05, 0) is 33.0 Å². The monoisotopic (exact) mass is 399 g/mol. The third kappa shape index (κ3) is 5.03. The topological polar surface area (TPSA) is 71.2 Å². The molecule has 0 aromatic carbocycles. The molecule has 1 fully saturated rings. The third-order valence-corrected chi connectivity index (χ3v) is 4.61. The zero-order chi connectivity index (χ0) is 20.3. The van der Waals surface area contributed by atoms with Gasteiger partial charge in [0.1, 0.15) is 0 Å². The van der Waals surface area contributed by atoms with Crippen LogP contribution >= 0.6 is 0 Å². The summed E-state index contributed by atoms with van der Waals surface area (Å²) in [4.78, 5) is 16.2. The van der Waals surface area contributed by atoms with E-state index in [4.69, 9.17) is 0 Å². The minimum atomic E-state index is -4.47. The minimum absolute atomic E-state index is 0.284. The third-order valence-electron chi connectivity index (χ3n) is 4.61. The van der Waals surface area contributed by atoms with Crippen LogP contribution in [0.25, 0.3) is 0 Å². The molecule has 0 bridgehead atoms. The number of likely N-dealkylation sites (tertiary alicyclic amines) is 1. The van der Waals surface area contributed by atoms with E-state index in [-0.39, 0.29) is 12.1 Å². The highest BCUT2D eigenvalue weighted by Gasteiger charge is 2.35. The number of carbonyl (C=O) groups is 1. The second-order valence-corrected chi connectivity index (χ2v) is 7.12. The Balaban J connectivity index is 1.58. The summed E-state index contributed by atoms with van der Waals surface area (Å²) in [5.74, 6) is 0.448. The zero-order valence-electron chi connectivity index (χ0n) is 15.9. The Labute approximate surface area is 160 Å². The molecule has 1 unspecified atom stereocenters. The highest BCUT2D eigenvalue weighted by atomic mass is 19.4. The largest absolute Gasteiger partial charge is 0.435 e. The summed E-state index contributed by atoms with van der Waals surface area (Å²) in [7, 11) is 3.94. The Bertz CT molecular complexity index is 799. The van der Waals surface area contributed by atoms with Crippen molar-refractivity contribution in [2.24, 2.45) is 0 Å². The van der Waals surface area contributed by atoms with Crippen molar-refractivity contribution in [2.45, 2.75) is 31.6 Å². The number of aromatic nitrogens is 4. The Morgan fingerprint density at radius 3 is 2.75 bits per heavy atom. The molecule has 1 aliphatic heterocycles. The molecule has 0 aliphatic carbocycles. The van der Waals surface area contributed by atoms with E-state index in [0.717, 1.165) is 12.6 Å². The molecule has 0 radical (unpaired) electrons. The van der Waals surface area contributed by atoms with Gasteiger partial charge in [0.2, 0.25) is 0 Å². The van der Waals surface area contributed by atoms with Gasteiger partial charge in [-0.3, -0.25) is 14.7 Å². The number of urea groups is 1. The van der Waals surface area contributed by atoms with Gasteiger partial charge in [0.05, 0.1) is 12.6 Å². The lowest BCUT2D eigenvalue weighted by Crippen LogP contribution is -2.43. The Hall–Kier alpha value is -2.56. The molecular weight excluding hydrogens is 375 g/mol. The predicted octanol–water partition coefficient (Wildman–Crippen LogP) is 2.53. The summed E-state index contributed by atoms with van der Waals surface area (Å²) in [6, 6.07) is 2.08. The molecule has 154 valence electrons. The van der Waals surface area contributed by atoms with E-state index in [1.54, 1.807) is 21.8 Å². The van der Waals surface area contributed by atoms with Crippen molar-refractivity contribution in [1.82, 2.24) is 29.4 Å². The number of rotatable bonds is 5. The molecule has 28 heavy (non-hydrogen) atoms. The zero-order valence-corrected chi connectivity index (χ0v) is 15.9. The molecule has 3 rings (SSSR count). The number of carbonyl (C=O) groups excluding carboxylic acids is 1. The van der Waals surface area contributed by atoms with E-state index >= 15 is 0 Å². The van der Waals surface area contributed by atoms with Crippen molar-refractivity contribution in [3.8, 4) is 0 Å². The van der Waals surface area contributed by atoms with Crippen molar-refractivity contribution in [2.75, 3.05) is 39.0 Å². The quantitative estimate of drug-likeness (QED) is 0.839. The lowest BCUT2D eigenvalue weighted by atomic mass is 10.1. The lowest BCUT2D eigenvalue weighted by Gasteiger charge is -2.32. The Morgan fingerprint density at radius 2 is 2.07 bits per heavy atom. The van der Waals surface area contributed by atoms with Gasteiger partial charge in [-0.15, -0.1) is 0 Å². The van der Waals surface area contributed by atoms with Gasteiger partial charge in [-0.25, -0.2) is 4.79 Å². The van der Waals surface area contributed by atoms with Crippen molar-refractivity contribution in [1.29, 1.82) is 0 Å². The summed E-state index contributed by atoms with van der Waals surface area (Å²) in [6.07, 6.45) is 0.00270. The number of hydrogen-bond donors (Lipinski definition) is 1. The number of likely N-dealkylation sites (N-methyl/N-ethyl adjacent to an activating group) is 1. The number of nitrogens with zero attached hydrogens (tertiary/aromatic N) is 6. The second-order valence-electron chi connectivity index (χ2n) is 7.12. The van der Waals surface area contributed by atoms with E-state index in [0.29, 0.717) is 38.3 Å². The molecule has 1 N–H and O–H groups in total. The number of nitrogens with one attached hydrogen (secondary N) is 1. The van der Waals surface area contributed by atoms with Crippen LogP contribution in [0, 0.1) is 0 Å². The molecule has 1 atom stereocenters. The van der Waals surface area contributed by atoms with Crippen LogP contribution in [-0.2, 0) is 12.7 Å². The fourth-order valence-electron chi connectivity index (χ4n) is 3.09. The van der Waals surface area contributed by atoms with Crippen molar-refractivity contribution < 1.29 is 18.0 Å². The maximum atomic E-state index is 12.8. The summed E-state index contributed by atoms with van der Waals surface area (Å²) in [5.41, 5.74) is -0.919. The first-order valence-electron chi connectivity index (χ1n) is 9.09. The van der Waals surface area contributed by atoms with E-state index in [9.17, 15) is 18.0 Å². The molecule has 1 aliphatic rings.